The lowest BCUT2D eigenvalue weighted by Crippen LogP contribution is -2.38. The average Bonchev–Trinajstić information content (AvgIpc) is 2.96. The Morgan fingerprint density at radius 3 is 2.28 bits per heavy atom. The number of hydrogen-bond acceptors (Lipinski definition) is 5. The second-order valence-electron chi connectivity index (χ2n) is 7.99. The number of nitrogens with zero attached hydrogens (tertiary/aromatic N) is 3. The summed E-state index contributed by atoms with van der Waals surface area (Å²) in [6.07, 6.45) is 1.72. The predicted octanol–water partition coefficient (Wildman–Crippen LogP) is 3.40. The Balaban J connectivity index is 1.90. The minimum atomic E-state index is -3.68. The van der Waals surface area contributed by atoms with Crippen LogP contribution in [0.1, 0.15) is 55.4 Å². The number of aromatic nitrogens is 2. The van der Waals surface area contributed by atoms with Gasteiger partial charge in [0.05, 0.1) is 17.5 Å². The number of carbonyl (C=O) groups excluding carboxylic acids is 1. The molecule has 3 rings (SSSR count). The van der Waals surface area contributed by atoms with E-state index < -0.39 is 10.0 Å². The summed E-state index contributed by atoms with van der Waals surface area (Å²) in [4.78, 5) is 13.1. The number of carbonyl (C=O) groups is 1. The van der Waals surface area contributed by atoms with Crippen molar-refractivity contribution in [3.8, 4) is 5.75 Å². The SMILES string of the molecule is Cc1nn(C(=O)c2ccc(OC(C)C)cc2)c(C)c1S(=O)(=O)N1CCC(C)CC1. The maximum Gasteiger partial charge on any atom is 0.278 e. The number of hydrogen-bond donors (Lipinski definition) is 0. The summed E-state index contributed by atoms with van der Waals surface area (Å²) in [6, 6.07) is 6.78. The highest BCUT2D eigenvalue weighted by atomic mass is 32.2. The van der Waals surface area contributed by atoms with Crippen LogP contribution in [0.4, 0.5) is 0 Å². The van der Waals surface area contributed by atoms with Crippen LogP contribution in [0, 0.1) is 19.8 Å². The summed E-state index contributed by atoms with van der Waals surface area (Å²) in [5.74, 6) is 0.832. The molecule has 0 atom stereocenters. The highest BCUT2D eigenvalue weighted by Crippen LogP contribution is 2.28. The Labute approximate surface area is 172 Å². The molecule has 0 unspecified atom stereocenters. The predicted molar refractivity (Wildman–Crippen MR) is 111 cm³/mol. The van der Waals surface area contributed by atoms with Gasteiger partial charge in [0.15, 0.2) is 0 Å². The first-order valence-corrected chi connectivity index (χ1v) is 11.4. The zero-order valence-electron chi connectivity index (χ0n) is 17.7. The second-order valence-corrected chi connectivity index (χ2v) is 9.87. The summed E-state index contributed by atoms with van der Waals surface area (Å²) in [5, 5.41) is 4.26. The van der Waals surface area contributed by atoms with Gasteiger partial charge in [0.25, 0.3) is 5.91 Å². The molecule has 0 bridgehead atoms. The summed E-state index contributed by atoms with van der Waals surface area (Å²) < 4.78 is 34.7. The number of benzene rings is 1. The molecule has 1 aliphatic rings. The standard InChI is InChI=1S/C21H29N3O4S/c1-14(2)28-19-8-6-18(7-9-19)21(25)24-17(5)20(16(4)22-24)29(26,27)23-12-10-15(3)11-13-23/h6-9,14-15H,10-13H2,1-5H3. The van der Waals surface area contributed by atoms with E-state index in [1.54, 1.807) is 38.1 Å². The van der Waals surface area contributed by atoms with Crippen LogP contribution < -0.4 is 4.74 Å². The lowest BCUT2D eigenvalue weighted by Gasteiger charge is -2.29. The average molecular weight is 420 g/mol. The van der Waals surface area contributed by atoms with E-state index in [1.165, 1.54) is 8.99 Å². The Hall–Kier alpha value is -2.19. The molecular weight excluding hydrogens is 390 g/mol. The third kappa shape index (κ3) is 4.38. The molecule has 0 spiro atoms. The Morgan fingerprint density at radius 1 is 1.14 bits per heavy atom. The van der Waals surface area contributed by atoms with Gasteiger partial charge in [-0.15, -0.1) is 0 Å². The Morgan fingerprint density at radius 2 is 1.72 bits per heavy atom. The maximum atomic E-state index is 13.2. The van der Waals surface area contributed by atoms with E-state index in [4.69, 9.17) is 4.74 Å². The van der Waals surface area contributed by atoms with Gasteiger partial charge in [-0.2, -0.15) is 14.1 Å². The summed E-state index contributed by atoms with van der Waals surface area (Å²) in [5.41, 5.74) is 1.10. The van der Waals surface area contributed by atoms with Crippen molar-refractivity contribution < 1.29 is 17.9 Å². The van der Waals surface area contributed by atoms with Crippen molar-refractivity contribution >= 4 is 15.9 Å². The third-order valence-electron chi connectivity index (χ3n) is 5.23. The molecule has 2 aromatic rings. The summed E-state index contributed by atoms with van der Waals surface area (Å²) >= 11 is 0. The van der Waals surface area contributed by atoms with E-state index in [9.17, 15) is 13.2 Å². The van der Waals surface area contributed by atoms with Crippen molar-refractivity contribution in [2.75, 3.05) is 13.1 Å². The molecule has 8 heteroatoms. The minimum Gasteiger partial charge on any atom is -0.491 e. The normalized spacial score (nSPS) is 16.3. The quantitative estimate of drug-likeness (QED) is 0.742. The van der Waals surface area contributed by atoms with Gasteiger partial charge in [0.2, 0.25) is 10.0 Å². The molecule has 0 radical (unpaired) electrons. The highest BCUT2D eigenvalue weighted by Gasteiger charge is 2.34. The van der Waals surface area contributed by atoms with Crippen LogP contribution in [-0.4, -0.2) is 47.6 Å². The minimum absolute atomic E-state index is 0.0399. The van der Waals surface area contributed by atoms with Gasteiger partial charge in [-0.05, 0) is 70.7 Å². The fourth-order valence-corrected chi connectivity index (χ4v) is 5.45. The number of rotatable bonds is 5. The van der Waals surface area contributed by atoms with E-state index in [1.807, 2.05) is 13.8 Å². The van der Waals surface area contributed by atoms with Gasteiger partial charge in [0, 0.05) is 18.7 Å². The van der Waals surface area contributed by atoms with E-state index in [0.717, 1.165) is 12.8 Å². The van der Waals surface area contributed by atoms with Gasteiger partial charge < -0.3 is 4.74 Å². The molecule has 0 saturated carbocycles. The van der Waals surface area contributed by atoms with Crippen LogP contribution >= 0.6 is 0 Å². The van der Waals surface area contributed by atoms with E-state index in [2.05, 4.69) is 12.0 Å². The van der Waals surface area contributed by atoms with Gasteiger partial charge in [-0.3, -0.25) is 4.79 Å². The lowest BCUT2D eigenvalue weighted by atomic mass is 10.0. The molecule has 0 amide bonds. The molecule has 0 aliphatic carbocycles. The van der Waals surface area contributed by atoms with Crippen LogP contribution in [0.25, 0.3) is 0 Å². The molecule has 158 valence electrons. The molecular formula is C21H29N3O4S. The van der Waals surface area contributed by atoms with Crippen molar-refractivity contribution in [2.45, 2.75) is 58.5 Å². The number of sulfonamides is 1. The molecule has 1 aliphatic heterocycles. The number of piperidine rings is 1. The van der Waals surface area contributed by atoms with Crippen molar-refractivity contribution in [3.63, 3.8) is 0 Å². The van der Waals surface area contributed by atoms with Crippen molar-refractivity contribution in [1.82, 2.24) is 14.1 Å². The first-order valence-electron chi connectivity index (χ1n) is 9.99. The Kier molecular flexibility index (Phi) is 6.14. The van der Waals surface area contributed by atoms with Gasteiger partial charge in [-0.1, -0.05) is 6.92 Å². The summed E-state index contributed by atoms with van der Waals surface area (Å²) in [7, 11) is -3.68. The van der Waals surface area contributed by atoms with Gasteiger partial charge >= 0.3 is 0 Å². The van der Waals surface area contributed by atoms with Crippen molar-refractivity contribution in [2.24, 2.45) is 5.92 Å². The lowest BCUT2D eigenvalue weighted by molar-refractivity contribution is 0.0942. The molecule has 7 nitrogen and oxygen atoms in total. The maximum absolute atomic E-state index is 13.2. The fourth-order valence-electron chi connectivity index (χ4n) is 3.62. The highest BCUT2D eigenvalue weighted by molar-refractivity contribution is 7.89. The second kappa shape index (κ2) is 8.28. The van der Waals surface area contributed by atoms with Crippen molar-refractivity contribution in [1.29, 1.82) is 0 Å². The molecule has 0 N–H and O–H groups in total. The molecule has 1 aromatic heterocycles. The molecule has 29 heavy (non-hydrogen) atoms. The van der Waals surface area contributed by atoms with Crippen LogP contribution in [0.2, 0.25) is 0 Å². The smallest absolute Gasteiger partial charge is 0.278 e. The number of aryl methyl sites for hydroxylation is 1. The third-order valence-corrected chi connectivity index (χ3v) is 7.38. The monoisotopic (exact) mass is 419 g/mol. The fraction of sp³-hybridized carbons (Fsp3) is 0.524. The first kappa shape index (κ1) is 21.5. The van der Waals surface area contributed by atoms with Crippen LogP contribution in [0.15, 0.2) is 29.2 Å². The molecule has 1 saturated heterocycles. The molecule has 2 heterocycles. The van der Waals surface area contributed by atoms with E-state index in [0.29, 0.717) is 41.7 Å². The zero-order chi connectivity index (χ0) is 21.3. The van der Waals surface area contributed by atoms with Crippen LogP contribution in [0.3, 0.4) is 0 Å². The van der Waals surface area contributed by atoms with Gasteiger partial charge in [-0.25, -0.2) is 8.42 Å². The zero-order valence-corrected chi connectivity index (χ0v) is 18.5. The molecule has 1 fully saturated rings. The van der Waals surface area contributed by atoms with E-state index in [-0.39, 0.29) is 16.9 Å². The van der Waals surface area contributed by atoms with Gasteiger partial charge in [0.1, 0.15) is 10.6 Å². The van der Waals surface area contributed by atoms with Crippen molar-refractivity contribution in [3.05, 3.63) is 41.2 Å². The Bertz CT molecular complexity index is 986. The number of ether oxygens (including phenoxy) is 1. The molecule has 1 aromatic carbocycles. The van der Waals surface area contributed by atoms with E-state index >= 15 is 0 Å². The van der Waals surface area contributed by atoms with Crippen LogP contribution in [0.5, 0.6) is 5.75 Å². The topological polar surface area (TPSA) is 81.5 Å². The first-order chi connectivity index (χ1) is 13.6. The largest absolute Gasteiger partial charge is 0.491 e. The summed E-state index contributed by atoms with van der Waals surface area (Å²) in [6.45, 7) is 10.3. The van der Waals surface area contributed by atoms with Crippen LogP contribution in [-0.2, 0) is 10.0 Å².